The van der Waals surface area contributed by atoms with Crippen LogP contribution in [0.2, 0.25) is 0 Å². The average molecular weight is 354 g/mol. The monoisotopic (exact) mass is 354 g/mol. The molecule has 0 radical (unpaired) electrons. The van der Waals surface area contributed by atoms with E-state index in [0.717, 1.165) is 25.4 Å². The molecule has 9 heteroatoms. The maximum atomic E-state index is 12.9. The number of halogens is 1. The van der Waals surface area contributed by atoms with Crippen molar-refractivity contribution < 1.29 is 33.0 Å². The second-order valence-electron chi connectivity index (χ2n) is 4.64. The summed E-state index contributed by atoms with van der Waals surface area (Å²) in [5, 5.41) is 4.69. The molecule has 0 bridgehead atoms. The minimum Gasteiger partial charge on any atom is -0.465 e. The summed E-state index contributed by atoms with van der Waals surface area (Å²) >= 11 is 0. The van der Waals surface area contributed by atoms with E-state index in [-0.39, 0.29) is 12.1 Å². The average Bonchev–Trinajstić information content (AvgIpc) is 2.62. The molecule has 0 saturated carbocycles. The first kappa shape index (κ1) is 20.3. The molecule has 0 saturated heterocycles. The molecule has 8 nitrogen and oxygen atoms in total. The number of esters is 1. The Kier molecular flexibility index (Phi) is 8.24. The lowest BCUT2D eigenvalue weighted by Gasteiger charge is -2.14. The van der Waals surface area contributed by atoms with Crippen LogP contribution in [0.25, 0.3) is 0 Å². The third-order valence-corrected chi connectivity index (χ3v) is 3.06. The van der Waals surface area contributed by atoms with Gasteiger partial charge in [-0.2, -0.15) is 0 Å². The molecule has 136 valence electrons. The molecule has 0 fully saturated rings. The van der Waals surface area contributed by atoms with E-state index in [1.165, 1.54) is 26.4 Å². The molecule has 0 atom stereocenters. The standard InChI is InChI=1S/C16H19FN2O6/c1-23-13(24-2)9-19-15(21)12(16(22)25-3)8-18-14(20)10-4-6-11(17)7-5-10/h4-8,13H,9H2,1-3H3,(H,18,20)(H,19,21)/b12-8+. The van der Waals surface area contributed by atoms with Crippen molar-refractivity contribution in [1.82, 2.24) is 10.6 Å². The highest BCUT2D eigenvalue weighted by Gasteiger charge is 2.20. The molecule has 1 rings (SSSR count). The Morgan fingerprint density at radius 3 is 2.24 bits per heavy atom. The van der Waals surface area contributed by atoms with Crippen LogP contribution in [0.3, 0.4) is 0 Å². The van der Waals surface area contributed by atoms with E-state index in [4.69, 9.17) is 9.47 Å². The summed E-state index contributed by atoms with van der Waals surface area (Å²) < 4.78 is 27.2. The van der Waals surface area contributed by atoms with Crippen LogP contribution in [0.4, 0.5) is 4.39 Å². The smallest absolute Gasteiger partial charge is 0.344 e. The highest BCUT2D eigenvalue weighted by Crippen LogP contribution is 2.03. The van der Waals surface area contributed by atoms with Crippen LogP contribution in [0, 0.1) is 5.82 Å². The van der Waals surface area contributed by atoms with Gasteiger partial charge in [-0.1, -0.05) is 0 Å². The minimum absolute atomic E-state index is 0.0217. The van der Waals surface area contributed by atoms with E-state index in [9.17, 15) is 18.8 Å². The largest absolute Gasteiger partial charge is 0.465 e. The van der Waals surface area contributed by atoms with Gasteiger partial charge in [0.1, 0.15) is 11.4 Å². The van der Waals surface area contributed by atoms with Crippen LogP contribution in [0.5, 0.6) is 0 Å². The molecule has 1 aromatic carbocycles. The molecule has 1 aromatic rings. The van der Waals surface area contributed by atoms with Gasteiger partial charge in [-0.3, -0.25) is 9.59 Å². The topological polar surface area (TPSA) is 103 Å². The number of hydrogen-bond acceptors (Lipinski definition) is 6. The molecule has 0 heterocycles. The summed E-state index contributed by atoms with van der Waals surface area (Å²) in [7, 11) is 3.87. The van der Waals surface area contributed by atoms with Gasteiger partial charge >= 0.3 is 5.97 Å². The Morgan fingerprint density at radius 1 is 1.12 bits per heavy atom. The zero-order valence-corrected chi connectivity index (χ0v) is 14.0. The van der Waals surface area contributed by atoms with Crippen LogP contribution < -0.4 is 10.6 Å². The fourth-order valence-electron chi connectivity index (χ4n) is 1.68. The van der Waals surface area contributed by atoms with Gasteiger partial charge in [-0.15, -0.1) is 0 Å². The van der Waals surface area contributed by atoms with E-state index >= 15 is 0 Å². The highest BCUT2D eigenvalue weighted by atomic mass is 19.1. The Bertz CT molecular complexity index is 641. The number of hydrogen-bond donors (Lipinski definition) is 2. The van der Waals surface area contributed by atoms with Crippen molar-refractivity contribution in [2.75, 3.05) is 27.9 Å². The molecule has 0 aliphatic carbocycles. The lowest BCUT2D eigenvalue weighted by atomic mass is 10.2. The number of carbonyl (C=O) groups is 3. The minimum atomic E-state index is -0.941. The maximum absolute atomic E-state index is 12.9. The lowest BCUT2D eigenvalue weighted by molar-refractivity contribution is -0.139. The van der Waals surface area contributed by atoms with Gasteiger partial charge < -0.3 is 24.8 Å². The number of benzene rings is 1. The quantitative estimate of drug-likeness (QED) is 0.230. The van der Waals surface area contributed by atoms with Gasteiger partial charge in [0, 0.05) is 26.0 Å². The normalized spacial score (nSPS) is 11.2. The van der Waals surface area contributed by atoms with Crippen molar-refractivity contribution in [2.24, 2.45) is 0 Å². The van der Waals surface area contributed by atoms with Crippen molar-refractivity contribution in [1.29, 1.82) is 0 Å². The summed E-state index contributed by atoms with van der Waals surface area (Å²) in [6, 6.07) is 4.75. The number of rotatable bonds is 8. The summed E-state index contributed by atoms with van der Waals surface area (Å²) in [5.74, 6) is -2.85. The van der Waals surface area contributed by atoms with E-state index in [1.807, 2.05) is 0 Å². The van der Waals surface area contributed by atoms with Gasteiger partial charge in [0.2, 0.25) is 0 Å². The Morgan fingerprint density at radius 2 is 1.72 bits per heavy atom. The number of carbonyl (C=O) groups excluding carboxylic acids is 3. The Balaban J connectivity index is 2.81. The lowest BCUT2D eigenvalue weighted by Crippen LogP contribution is -2.37. The second kappa shape index (κ2) is 10.2. The van der Waals surface area contributed by atoms with E-state index in [2.05, 4.69) is 15.4 Å². The summed E-state index contributed by atoms with van der Waals surface area (Å²) in [6.07, 6.45) is 0.221. The van der Waals surface area contributed by atoms with Gasteiger partial charge in [0.15, 0.2) is 6.29 Å². The van der Waals surface area contributed by atoms with Crippen LogP contribution in [-0.2, 0) is 23.8 Å². The molecule has 25 heavy (non-hydrogen) atoms. The molecule has 0 aliphatic rings. The molecule has 2 amide bonds. The predicted octanol–water partition coefficient (Wildman–Crippen LogP) is 0.348. The first-order valence-corrected chi connectivity index (χ1v) is 7.11. The molecular weight excluding hydrogens is 335 g/mol. The molecule has 0 unspecified atom stereocenters. The van der Waals surface area contributed by atoms with Gasteiger partial charge in [0.05, 0.1) is 13.7 Å². The maximum Gasteiger partial charge on any atom is 0.344 e. The summed E-state index contributed by atoms with van der Waals surface area (Å²) in [5.41, 5.74) is -0.273. The summed E-state index contributed by atoms with van der Waals surface area (Å²) in [4.78, 5) is 35.7. The first-order chi connectivity index (χ1) is 11.9. The molecule has 0 spiro atoms. The van der Waals surface area contributed by atoms with Gasteiger partial charge in [-0.05, 0) is 24.3 Å². The highest BCUT2D eigenvalue weighted by molar-refractivity contribution is 6.16. The number of amides is 2. The fourth-order valence-corrected chi connectivity index (χ4v) is 1.68. The van der Waals surface area contributed by atoms with E-state index in [0.29, 0.717) is 0 Å². The van der Waals surface area contributed by atoms with Crippen LogP contribution in [0.1, 0.15) is 10.4 Å². The third-order valence-electron chi connectivity index (χ3n) is 3.06. The SMILES string of the molecule is COC(=O)/C(=C/NC(=O)c1ccc(F)cc1)C(=O)NCC(OC)OC. The fraction of sp³-hybridized carbons (Fsp3) is 0.312. The zero-order chi connectivity index (χ0) is 18.8. The Labute approximate surface area is 143 Å². The van der Waals surface area contributed by atoms with Crippen molar-refractivity contribution >= 4 is 17.8 Å². The van der Waals surface area contributed by atoms with Gasteiger partial charge in [0.25, 0.3) is 11.8 Å². The number of nitrogens with one attached hydrogen (secondary N) is 2. The molecule has 0 aromatic heterocycles. The molecular formula is C16H19FN2O6. The van der Waals surface area contributed by atoms with Crippen LogP contribution >= 0.6 is 0 Å². The Hall–Kier alpha value is -2.78. The van der Waals surface area contributed by atoms with E-state index in [1.54, 1.807) is 0 Å². The number of ether oxygens (including phenoxy) is 3. The zero-order valence-electron chi connectivity index (χ0n) is 14.0. The van der Waals surface area contributed by atoms with Crippen LogP contribution in [-0.4, -0.2) is 51.9 Å². The van der Waals surface area contributed by atoms with Crippen molar-refractivity contribution in [3.8, 4) is 0 Å². The first-order valence-electron chi connectivity index (χ1n) is 7.11. The van der Waals surface area contributed by atoms with Crippen molar-refractivity contribution in [3.63, 3.8) is 0 Å². The van der Waals surface area contributed by atoms with Crippen LogP contribution in [0.15, 0.2) is 36.0 Å². The van der Waals surface area contributed by atoms with E-state index < -0.39 is 35.5 Å². The van der Waals surface area contributed by atoms with Crippen molar-refractivity contribution in [2.45, 2.75) is 6.29 Å². The predicted molar refractivity (Wildman–Crippen MR) is 84.8 cm³/mol. The number of methoxy groups -OCH3 is 3. The van der Waals surface area contributed by atoms with Gasteiger partial charge in [-0.25, -0.2) is 9.18 Å². The second-order valence-corrected chi connectivity index (χ2v) is 4.64. The molecule has 2 N–H and O–H groups in total. The molecule has 0 aliphatic heterocycles. The van der Waals surface area contributed by atoms with Crippen molar-refractivity contribution in [3.05, 3.63) is 47.4 Å². The third kappa shape index (κ3) is 6.32. The summed E-state index contributed by atoms with van der Waals surface area (Å²) in [6.45, 7) is -0.0217.